The van der Waals surface area contributed by atoms with Crippen molar-refractivity contribution in [1.29, 1.82) is 5.26 Å². The number of benzene rings is 3. The van der Waals surface area contributed by atoms with E-state index in [0.29, 0.717) is 24.4 Å². The summed E-state index contributed by atoms with van der Waals surface area (Å²) in [5.41, 5.74) is 5.13. The molecule has 37 heavy (non-hydrogen) atoms. The number of nitriles is 1. The van der Waals surface area contributed by atoms with Gasteiger partial charge in [-0.2, -0.15) is 10.4 Å². The zero-order valence-electron chi connectivity index (χ0n) is 21.1. The van der Waals surface area contributed by atoms with Gasteiger partial charge < -0.3 is 10.1 Å². The summed E-state index contributed by atoms with van der Waals surface area (Å²) >= 11 is 0. The Morgan fingerprint density at radius 1 is 1.08 bits per heavy atom. The molecule has 0 bridgehead atoms. The molecule has 0 atom stereocenters. The fourth-order valence-electron chi connectivity index (χ4n) is 3.92. The second kappa shape index (κ2) is 12.4. The van der Waals surface area contributed by atoms with Crippen LogP contribution < -0.4 is 10.1 Å². The van der Waals surface area contributed by atoms with Crippen LogP contribution in [0.4, 0.5) is 0 Å². The number of aryl methyl sites for hydroxylation is 1. The molecular formula is C31H30N4O2. The predicted molar refractivity (Wildman–Crippen MR) is 146 cm³/mol. The number of aromatic nitrogens is 2. The van der Waals surface area contributed by atoms with Gasteiger partial charge in [0.2, 0.25) is 0 Å². The summed E-state index contributed by atoms with van der Waals surface area (Å²) in [4.78, 5) is 12.9. The first-order valence-electron chi connectivity index (χ1n) is 12.4. The van der Waals surface area contributed by atoms with Crippen LogP contribution in [0.5, 0.6) is 5.75 Å². The largest absolute Gasteiger partial charge is 0.494 e. The highest BCUT2D eigenvalue weighted by Gasteiger charge is 2.17. The number of unbranched alkanes of at least 4 members (excludes halogenated alkanes) is 1. The molecule has 1 N–H and O–H groups in total. The van der Waals surface area contributed by atoms with E-state index in [1.165, 1.54) is 0 Å². The molecule has 6 heteroatoms. The Hall–Kier alpha value is -4.63. The second-order valence-electron chi connectivity index (χ2n) is 8.73. The van der Waals surface area contributed by atoms with E-state index < -0.39 is 5.91 Å². The van der Waals surface area contributed by atoms with Gasteiger partial charge in [0.1, 0.15) is 23.1 Å². The number of carbonyl (C=O) groups is 1. The third-order valence-electron chi connectivity index (χ3n) is 5.94. The smallest absolute Gasteiger partial charge is 0.262 e. The Bertz CT molecular complexity index is 1420. The maximum absolute atomic E-state index is 12.9. The number of rotatable bonds is 10. The number of hydrogen-bond donors (Lipinski definition) is 1. The van der Waals surface area contributed by atoms with Crippen LogP contribution >= 0.6 is 0 Å². The normalized spacial score (nSPS) is 11.1. The molecule has 4 rings (SSSR count). The summed E-state index contributed by atoms with van der Waals surface area (Å²) in [5.74, 6) is 0.383. The number of ether oxygens (including phenoxy) is 1. The lowest BCUT2D eigenvalue weighted by Crippen LogP contribution is -2.23. The van der Waals surface area contributed by atoms with Crippen LogP contribution in [-0.2, 0) is 11.3 Å². The van der Waals surface area contributed by atoms with E-state index in [2.05, 4.69) is 18.3 Å². The third kappa shape index (κ3) is 6.53. The molecule has 1 aromatic heterocycles. The number of hydrogen-bond acceptors (Lipinski definition) is 4. The highest BCUT2D eigenvalue weighted by molar-refractivity contribution is 6.02. The fourth-order valence-corrected chi connectivity index (χ4v) is 3.92. The van der Waals surface area contributed by atoms with E-state index in [1.54, 1.807) is 10.8 Å². The highest BCUT2D eigenvalue weighted by Crippen LogP contribution is 2.31. The lowest BCUT2D eigenvalue weighted by Gasteiger charge is -2.10. The van der Waals surface area contributed by atoms with Crippen LogP contribution in [-0.4, -0.2) is 22.3 Å². The van der Waals surface area contributed by atoms with Crippen molar-refractivity contribution in [3.63, 3.8) is 0 Å². The van der Waals surface area contributed by atoms with E-state index in [1.807, 2.05) is 92.0 Å². The standard InChI is InChI=1S/C31H30N4O2/c1-3-4-17-37-28-15-16-29(23(2)18-28)30-26(22-35(34-30)27-13-9-6-10-14-27)19-25(20-32)31(36)33-21-24-11-7-5-8-12-24/h5-16,18-19,22H,3-4,17,21H2,1-2H3,(H,33,36). The van der Waals surface area contributed by atoms with Gasteiger partial charge in [-0.05, 0) is 60.9 Å². The average molecular weight is 491 g/mol. The predicted octanol–water partition coefficient (Wildman–Crippen LogP) is 6.25. The molecule has 4 aromatic rings. The number of para-hydroxylation sites is 1. The van der Waals surface area contributed by atoms with Crippen LogP contribution in [0, 0.1) is 18.3 Å². The first-order valence-corrected chi connectivity index (χ1v) is 12.4. The minimum atomic E-state index is -0.429. The Labute approximate surface area is 217 Å². The van der Waals surface area contributed by atoms with E-state index >= 15 is 0 Å². The minimum Gasteiger partial charge on any atom is -0.494 e. The molecule has 6 nitrogen and oxygen atoms in total. The second-order valence-corrected chi connectivity index (χ2v) is 8.73. The maximum Gasteiger partial charge on any atom is 0.262 e. The van der Waals surface area contributed by atoms with E-state index in [9.17, 15) is 10.1 Å². The number of nitrogens with zero attached hydrogens (tertiary/aromatic N) is 3. The van der Waals surface area contributed by atoms with Crippen LogP contribution in [0.25, 0.3) is 23.0 Å². The summed E-state index contributed by atoms with van der Waals surface area (Å²) in [7, 11) is 0. The Morgan fingerprint density at radius 2 is 1.81 bits per heavy atom. The molecule has 0 unspecified atom stereocenters. The van der Waals surface area contributed by atoms with Gasteiger partial charge in [-0.3, -0.25) is 4.79 Å². The van der Waals surface area contributed by atoms with Gasteiger partial charge in [0.25, 0.3) is 5.91 Å². The van der Waals surface area contributed by atoms with E-state index in [-0.39, 0.29) is 5.57 Å². The monoisotopic (exact) mass is 490 g/mol. The quantitative estimate of drug-likeness (QED) is 0.162. The Balaban J connectivity index is 1.68. The maximum atomic E-state index is 12.9. The zero-order valence-corrected chi connectivity index (χ0v) is 21.1. The first-order chi connectivity index (χ1) is 18.1. The minimum absolute atomic E-state index is 0.0157. The number of carbonyl (C=O) groups excluding carboxylic acids is 1. The van der Waals surface area contributed by atoms with Gasteiger partial charge in [0, 0.05) is 23.9 Å². The summed E-state index contributed by atoms with van der Waals surface area (Å²) in [6, 6.07) is 27.3. The SMILES string of the molecule is CCCCOc1ccc(-c2nn(-c3ccccc3)cc2C=C(C#N)C(=O)NCc2ccccc2)c(C)c1. The van der Waals surface area contributed by atoms with Crippen molar-refractivity contribution in [2.24, 2.45) is 0 Å². The van der Waals surface area contributed by atoms with Crippen molar-refractivity contribution in [1.82, 2.24) is 15.1 Å². The van der Waals surface area contributed by atoms with Crippen molar-refractivity contribution in [3.8, 4) is 28.8 Å². The lowest BCUT2D eigenvalue weighted by molar-refractivity contribution is -0.117. The van der Waals surface area contributed by atoms with Crippen molar-refractivity contribution < 1.29 is 9.53 Å². The summed E-state index contributed by atoms with van der Waals surface area (Å²) in [6.07, 6.45) is 5.52. The van der Waals surface area contributed by atoms with Crippen LogP contribution in [0.1, 0.15) is 36.5 Å². The van der Waals surface area contributed by atoms with Crippen LogP contribution in [0.3, 0.4) is 0 Å². The Kier molecular flexibility index (Phi) is 8.51. The molecule has 3 aromatic carbocycles. The van der Waals surface area contributed by atoms with Crippen molar-refractivity contribution in [3.05, 3.63) is 107 Å². The van der Waals surface area contributed by atoms with Crippen molar-refractivity contribution in [2.45, 2.75) is 33.2 Å². The molecule has 0 fully saturated rings. The summed E-state index contributed by atoms with van der Waals surface area (Å²) < 4.78 is 7.63. The number of nitrogens with one attached hydrogen (secondary N) is 1. The highest BCUT2D eigenvalue weighted by atomic mass is 16.5. The van der Waals surface area contributed by atoms with E-state index in [0.717, 1.165) is 41.0 Å². The van der Waals surface area contributed by atoms with Gasteiger partial charge in [-0.25, -0.2) is 4.68 Å². The summed E-state index contributed by atoms with van der Waals surface area (Å²) in [6.45, 7) is 5.16. The molecule has 1 amide bonds. The first kappa shape index (κ1) is 25.5. The van der Waals surface area contributed by atoms with Crippen LogP contribution in [0.2, 0.25) is 0 Å². The fraction of sp³-hybridized carbons (Fsp3) is 0.194. The van der Waals surface area contributed by atoms with Crippen molar-refractivity contribution >= 4 is 12.0 Å². The molecule has 0 aliphatic rings. The number of amides is 1. The van der Waals surface area contributed by atoms with Gasteiger partial charge in [0.05, 0.1) is 12.3 Å². The van der Waals surface area contributed by atoms with Gasteiger partial charge >= 0.3 is 0 Å². The average Bonchev–Trinajstić information content (AvgIpc) is 3.35. The molecular weight excluding hydrogens is 460 g/mol. The molecule has 0 saturated heterocycles. The van der Waals surface area contributed by atoms with Gasteiger partial charge in [0.15, 0.2) is 0 Å². The Morgan fingerprint density at radius 3 is 2.49 bits per heavy atom. The molecule has 0 spiro atoms. The molecule has 0 saturated carbocycles. The van der Waals surface area contributed by atoms with Crippen LogP contribution in [0.15, 0.2) is 90.6 Å². The summed E-state index contributed by atoms with van der Waals surface area (Å²) in [5, 5.41) is 17.5. The molecule has 1 heterocycles. The lowest BCUT2D eigenvalue weighted by atomic mass is 10.0. The topological polar surface area (TPSA) is 79.9 Å². The molecule has 0 aliphatic carbocycles. The molecule has 0 aliphatic heterocycles. The molecule has 0 radical (unpaired) electrons. The van der Waals surface area contributed by atoms with E-state index in [4.69, 9.17) is 9.84 Å². The third-order valence-corrected chi connectivity index (χ3v) is 5.94. The molecule has 186 valence electrons. The van der Waals surface area contributed by atoms with Crippen molar-refractivity contribution in [2.75, 3.05) is 6.61 Å². The van der Waals surface area contributed by atoms with Gasteiger partial charge in [-0.15, -0.1) is 0 Å². The zero-order chi connectivity index (χ0) is 26.0. The van der Waals surface area contributed by atoms with Gasteiger partial charge in [-0.1, -0.05) is 61.9 Å².